The Kier molecular flexibility index (Phi) is 2.18. The molecule has 0 aromatic heterocycles. The quantitative estimate of drug-likeness (QED) is 0.334. The van der Waals surface area contributed by atoms with Crippen LogP contribution in [0.2, 0.25) is 0 Å². The Morgan fingerprint density at radius 3 is 2.00 bits per heavy atom. The van der Waals surface area contributed by atoms with Gasteiger partial charge >= 0.3 is 0 Å². The molecule has 1 unspecified atom stereocenters. The maximum absolute atomic E-state index is 9.96. The van der Waals surface area contributed by atoms with Gasteiger partial charge in [0.25, 0.3) is 10.1 Å². The van der Waals surface area contributed by atoms with E-state index in [0.29, 0.717) is 0 Å². The fraction of sp³-hybridized carbons (Fsp3) is 1.00. The predicted molar refractivity (Wildman–Crippen MR) is 31.2 cm³/mol. The SMILES string of the molecule is CC(N)(O)CS(=O)(=O)O. The smallest absolute Gasteiger partial charge is 0.269 e. The van der Waals surface area contributed by atoms with Crippen LogP contribution >= 0.6 is 0 Å². The van der Waals surface area contributed by atoms with E-state index in [1.165, 1.54) is 0 Å². The van der Waals surface area contributed by atoms with Gasteiger partial charge in [0.2, 0.25) is 0 Å². The van der Waals surface area contributed by atoms with Crippen LogP contribution in [-0.2, 0) is 10.1 Å². The molecule has 56 valence electrons. The number of nitrogens with two attached hydrogens (primary N) is 1. The van der Waals surface area contributed by atoms with Gasteiger partial charge in [0, 0.05) is 0 Å². The summed E-state index contributed by atoms with van der Waals surface area (Å²) in [6, 6.07) is 0. The van der Waals surface area contributed by atoms with Crippen LogP contribution in [0.1, 0.15) is 6.92 Å². The molecule has 0 spiro atoms. The molecular formula is C3H9NO4S. The third-order valence-corrected chi connectivity index (χ3v) is 1.42. The second-order valence-electron chi connectivity index (χ2n) is 2.08. The second-order valence-corrected chi connectivity index (χ2v) is 3.54. The minimum atomic E-state index is -4.16. The molecule has 1 atom stereocenters. The Bertz CT molecular complexity index is 176. The molecule has 0 rings (SSSR count). The van der Waals surface area contributed by atoms with Crippen molar-refractivity contribution in [2.75, 3.05) is 5.75 Å². The molecule has 0 aromatic rings. The van der Waals surface area contributed by atoms with E-state index in [1.54, 1.807) is 0 Å². The second kappa shape index (κ2) is 2.22. The molecule has 0 saturated heterocycles. The average Bonchev–Trinajstić information content (AvgIpc) is 1.14. The highest BCUT2D eigenvalue weighted by Gasteiger charge is 2.21. The van der Waals surface area contributed by atoms with Crippen molar-refractivity contribution in [2.24, 2.45) is 5.73 Å². The Labute approximate surface area is 53.2 Å². The highest BCUT2D eigenvalue weighted by Crippen LogP contribution is 1.96. The fourth-order valence-corrected chi connectivity index (χ4v) is 1.11. The fourth-order valence-electron chi connectivity index (χ4n) is 0.369. The molecule has 0 aliphatic rings. The average molecular weight is 155 g/mol. The molecule has 0 radical (unpaired) electrons. The summed E-state index contributed by atoms with van der Waals surface area (Å²) >= 11 is 0. The lowest BCUT2D eigenvalue weighted by atomic mass is 10.3. The van der Waals surface area contributed by atoms with Crippen molar-refractivity contribution in [1.82, 2.24) is 0 Å². The molecule has 0 bridgehead atoms. The minimum Gasteiger partial charge on any atom is -0.375 e. The van der Waals surface area contributed by atoms with E-state index in [0.717, 1.165) is 6.92 Å². The summed E-state index contributed by atoms with van der Waals surface area (Å²) in [5, 5.41) is 8.59. The number of aliphatic hydroxyl groups is 1. The van der Waals surface area contributed by atoms with Crippen molar-refractivity contribution >= 4 is 10.1 Å². The van der Waals surface area contributed by atoms with Gasteiger partial charge in [-0.15, -0.1) is 0 Å². The molecule has 4 N–H and O–H groups in total. The van der Waals surface area contributed by atoms with E-state index in [9.17, 15) is 8.42 Å². The van der Waals surface area contributed by atoms with E-state index in [1.807, 2.05) is 0 Å². The number of hydrogen-bond acceptors (Lipinski definition) is 4. The summed E-state index contributed by atoms with van der Waals surface area (Å²) in [5.74, 6) is -0.847. The van der Waals surface area contributed by atoms with Crippen molar-refractivity contribution in [3.05, 3.63) is 0 Å². The van der Waals surface area contributed by atoms with E-state index in [-0.39, 0.29) is 0 Å². The zero-order chi connectivity index (χ0) is 7.71. The van der Waals surface area contributed by atoms with Crippen LogP contribution in [-0.4, -0.2) is 29.6 Å². The van der Waals surface area contributed by atoms with Gasteiger partial charge in [-0.25, -0.2) is 0 Å². The summed E-state index contributed by atoms with van der Waals surface area (Å²) in [7, 11) is -4.16. The molecular weight excluding hydrogens is 146 g/mol. The van der Waals surface area contributed by atoms with E-state index in [4.69, 9.17) is 15.4 Å². The first-order valence-electron chi connectivity index (χ1n) is 2.17. The highest BCUT2D eigenvalue weighted by molar-refractivity contribution is 7.85. The van der Waals surface area contributed by atoms with E-state index < -0.39 is 21.6 Å². The molecule has 0 aromatic carbocycles. The zero-order valence-corrected chi connectivity index (χ0v) is 5.72. The maximum Gasteiger partial charge on any atom is 0.269 e. The van der Waals surface area contributed by atoms with Gasteiger partial charge in [-0.3, -0.25) is 4.55 Å². The van der Waals surface area contributed by atoms with Crippen LogP contribution in [0.5, 0.6) is 0 Å². The van der Waals surface area contributed by atoms with Gasteiger partial charge < -0.3 is 10.8 Å². The topological polar surface area (TPSA) is 101 Å². The third kappa shape index (κ3) is 7.83. The summed E-state index contributed by atoms with van der Waals surface area (Å²) < 4.78 is 28.0. The van der Waals surface area contributed by atoms with Crippen LogP contribution in [0, 0.1) is 0 Å². The van der Waals surface area contributed by atoms with Crippen molar-refractivity contribution in [3.8, 4) is 0 Å². The molecule has 9 heavy (non-hydrogen) atoms. The van der Waals surface area contributed by atoms with Crippen LogP contribution in [0.15, 0.2) is 0 Å². The number of rotatable bonds is 2. The number of hydrogen-bond donors (Lipinski definition) is 3. The molecule has 6 heteroatoms. The van der Waals surface area contributed by atoms with Crippen LogP contribution < -0.4 is 5.73 Å². The standard InChI is InChI=1S/C3H9NO4S/c1-3(4,5)2-9(6,7)8/h5H,2,4H2,1H3,(H,6,7,8). The molecule has 0 heterocycles. The van der Waals surface area contributed by atoms with Crippen molar-refractivity contribution in [3.63, 3.8) is 0 Å². The molecule has 0 amide bonds. The Balaban J connectivity index is 4.07. The Morgan fingerprint density at radius 2 is 2.00 bits per heavy atom. The van der Waals surface area contributed by atoms with Gasteiger partial charge in [-0.1, -0.05) is 0 Å². The molecule has 0 fully saturated rings. The molecule has 0 aliphatic carbocycles. The normalized spacial score (nSPS) is 19.1. The lowest BCUT2D eigenvalue weighted by Gasteiger charge is -2.13. The van der Waals surface area contributed by atoms with Gasteiger partial charge in [0.15, 0.2) is 0 Å². The summed E-state index contributed by atoms with van der Waals surface area (Å²) in [5.41, 5.74) is 2.98. The first kappa shape index (κ1) is 8.83. The summed E-state index contributed by atoms with van der Waals surface area (Å²) in [6.07, 6.45) is 0. The predicted octanol–water partition coefficient (Wildman–Crippen LogP) is -1.46. The van der Waals surface area contributed by atoms with Gasteiger partial charge in [0.1, 0.15) is 11.5 Å². The highest BCUT2D eigenvalue weighted by atomic mass is 32.2. The van der Waals surface area contributed by atoms with Gasteiger partial charge in [-0.2, -0.15) is 8.42 Å². The monoisotopic (exact) mass is 155 g/mol. The lowest BCUT2D eigenvalue weighted by Crippen LogP contribution is -2.42. The zero-order valence-electron chi connectivity index (χ0n) is 4.90. The Morgan fingerprint density at radius 1 is 1.67 bits per heavy atom. The molecule has 0 aliphatic heterocycles. The van der Waals surface area contributed by atoms with Crippen molar-refractivity contribution in [2.45, 2.75) is 12.6 Å². The van der Waals surface area contributed by atoms with Gasteiger partial charge in [-0.05, 0) is 6.92 Å². The molecule has 5 nitrogen and oxygen atoms in total. The largest absolute Gasteiger partial charge is 0.375 e. The van der Waals surface area contributed by atoms with Gasteiger partial charge in [0.05, 0.1) is 0 Å². The lowest BCUT2D eigenvalue weighted by molar-refractivity contribution is 0.0896. The van der Waals surface area contributed by atoms with Crippen LogP contribution in [0.4, 0.5) is 0 Å². The maximum atomic E-state index is 9.96. The van der Waals surface area contributed by atoms with E-state index in [2.05, 4.69) is 0 Å². The van der Waals surface area contributed by atoms with Crippen molar-refractivity contribution < 1.29 is 18.1 Å². The van der Waals surface area contributed by atoms with Crippen molar-refractivity contribution in [1.29, 1.82) is 0 Å². The van der Waals surface area contributed by atoms with Crippen LogP contribution in [0.25, 0.3) is 0 Å². The third-order valence-electron chi connectivity index (χ3n) is 0.475. The summed E-state index contributed by atoms with van der Waals surface area (Å²) in [6.45, 7) is 1.08. The summed E-state index contributed by atoms with van der Waals surface area (Å²) in [4.78, 5) is 0. The first-order valence-corrected chi connectivity index (χ1v) is 3.78. The van der Waals surface area contributed by atoms with E-state index >= 15 is 0 Å². The Hall–Kier alpha value is -0.170. The first-order chi connectivity index (χ1) is 3.71. The molecule has 0 saturated carbocycles. The minimum absolute atomic E-state index is 0.847. The van der Waals surface area contributed by atoms with Crippen LogP contribution in [0.3, 0.4) is 0 Å².